The molecule has 1 aliphatic rings. The van der Waals surface area contributed by atoms with Crippen LogP contribution in [0, 0.1) is 0 Å². The fraction of sp³-hybridized carbons (Fsp3) is 0.333. The Balaban J connectivity index is 1.41. The third-order valence-electron chi connectivity index (χ3n) is 5.33. The van der Waals surface area contributed by atoms with Crippen molar-refractivity contribution in [2.75, 3.05) is 0 Å². The van der Waals surface area contributed by atoms with E-state index < -0.39 is 0 Å². The van der Waals surface area contributed by atoms with Crippen LogP contribution in [0.1, 0.15) is 47.5 Å². The molecule has 0 saturated heterocycles. The van der Waals surface area contributed by atoms with Gasteiger partial charge in [-0.3, -0.25) is 9.48 Å². The van der Waals surface area contributed by atoms with E-state index in [-0.39, 0.29) is 11.9 Å². The molecule has 0 unspecified atom stereocenters. The van der Waals surface area contributed by atoms with Crippen molar-refractivity contribution in [1.82, 2.24) is 19.7 Å². The molecule has 1 N–H and O–H groups in total. The number of benzene rings is 1. The van der Waals surface area contributed by atoms with Gasteiger partial charge < -0.3 is 9.88 Å². The van der Waals surface area contributed by atoms with E-state index in [1.54, 1.807) is 10.9 Å². The molecule has 3 aromatic rings. The van der Waals surface area contributed by atoms with E-state index in [2.05, 4.69) is 40.7 Å². The third-order valence-corrected chi connectivity index (χ3v) is 5.33. The molecule has 134 valence electrons. The minimum atomic E-state index is -0.0371. The van der Waals surface area contributed by atoms with Gasteiger partial charge >= 0.3 is 0 Å². The lowest BCUT2D eigenvalue weighted by Crippen LogP contribution is -2.37. The Morgan fingerprint density at radius 3 is 2.42 bits per heavy atom. The van der Waals surface area contributed by atoms with Crippen molar-refractivity contribution in [3.63, 3.8) is 0 Å². The zero-order valence-corrected chi connectivity index (χ0v) is 15.0. The number of amides is 1. The van der Waals surface area contributed by atoms with Crippen LogP contribution in [-0.4, -0.2) is 26.3 Å². The van der Waals surface area contributed by atoms with Crippen molar-refractivity contribution in [3.8, 4) is 5.82 Å². The molecular weight excluding hydrogens is 324 g/mol. The van der Waals surface area contributed by atoms with Crippen LogP contribution in [0.5, 0.6) is 0 Å². The second kappa shape index (κ2) is 7.20. The lowest BCUT2D eigenvalue weighted by molar-refractivity contribution is 0.0925. The van der Waals surface area contributed by atoms with Gasteiger partial charge in [0.15, 0.2) is 0 Å². The van der Waals surface area contributed by atoms with E-state index in [0.29, 0.717) is 11.5 Å². The van der Waals surface area contributed by atoms with E-state index >= 15 is 0 Å². The zero-order chi connectivity index (χ0) is 17.9. The predicted octanol–water partition coefficient (Wildman–Crippen LogP) is 3.67. The molecule has 1 fully saturated rings. The summed E-state index contributed by atoms with van der Waals surface area (Å²) in [5.41, 5.74) is 2.04. The van der Waals surface area contributed by atoms with Crippen molar-refractivity contribution in [2.45, 2.75) is 37.6 Å². The van der Waals surface area contributed by atoms with Crippen molar-refractivity contribution < 1.29 is 4.79 Å². The lowest BCUT2D eigenvalue weighted by Gasteiger charge is -2.29. The van der Waals surface area contributed by atoms with Crippen molar-refractivity contribution in [2.24, 2.45) is 7.05 Å². The highest BCUT2D eigenvalue weighted by Gasteiger charge is 2.25. The minimum absolute atomic E-state index is 0.0371. The van der Waals surface area contributed by atoms with Gasteiger partial charge in [0, 0.05) is 25.5 Å². The predicted molar refractivity (Wildman–Crippen MR) is 101 cm³/mol. The Hall–Kier alpha value is -2.82. The first kappa shape index (κ1) is 16.6. The van der Waals surface area contributed by atoms with Gasteiger partial charge in [-0.1, -0.05) is 30.3 Å². The maximum absolute atomic E-state index is 12.8. The summed E-state index contributed by atoms with van der Waals surface area (Å²) in [5, 5.41) is 7.49. The summed E-state index contributed by atoms with van der Waals surface area (Å²) in [6.45, 7) is 0. The van der Waals surface area contributed by atoms with Gasteiger partial charge in [0.2, 0.25) is 0 Å². The number of aromatic nitrogens is 3. The van der Waals surface area contributed by atoms with Gasteiger partial charge in [-0.25, -0.2) is 0 Å². The summed E-state index contributed by atoms with van der Waals surface area (Å²) in [6.07, 6.45) is 9.78. The van der Waals surface area contributed by atoms with Crippen LogP contribution in [0.15, 0.2) is 61.1 Å². The molecule has 1 saturated carbocycles. The molecule has 2 heterocycles. The van der Waals surface area contributed by atoms with E-state index in [0.717, 1.165) is 31.5 Å². The molecule has 0 bridgehead atoms. The molecule has 1 aliphatic carbocycles. The molecule has 0 radical (unpaired) electrons. The van der Waals surface area contributed by atoms with Crippen LogP contribution in [0.2, 0.25) is 0 Å². The van der Waals surface area contributed by atoms with Gasteiger partial charge in [0.05, 0.1) is 6.20 Å². The standard InChI is InChI=1S/C21H24N4O/c1-24-21(25-13-5-6-14-25)19(15-22-24)20(26)23-18-11-9-17(10-12-18)16-7-3-2-4-8-16/h2-8,13-15,17-18H,9-12H2,1H3,(H,23,26). The number of nitrogens with zero attached hydrogens (tertiary/aromatic N) is 3. The maximum Gasteiger partial charge on any atom is 0.256 e. The summed E-state index contributed by atoms with van der Waals surface area (Å²) >= 11 is 0. The number of rotatable bonds is 4. The SMILES string of the molecule is Cn1ncc(C(=O)NC2CCC(c3ccccc3)CC2)c1-n1cccc1. The number of carbonyl (C=O) groups excluding carboxylic acids is 1. The quantitative estimate of drug-likeness (QED) is 0.782. The van der Waals surface area contributed by atoms with E-state index in [4.69, 9.17) is 0 Å². The summed E-state index contributed by atoms with van der Waals surface area (Å²) in [6, 6.07) is 14.8. The topological polar surface area (TPSA) is 51.9 Å². The molecule has 2 aromatic heterocycles. The van der Waals surface area contributed by atoms with Crippen LogP contribution < -0.4 is 5.32 Å². The maximum atomic E-state index is 12.8. The average molecular weight is 348 g/mol. The highest BCUT2D eigenvalue weighted by molar-refractivity contribution is 5.97. The first-order valence-corrected chi connectivity index (χ1v) is 9.23. The molecule has 0 atom stereocenters. The normalized spacial score (nSPS) is 20.0. The number of aryl methyl sites for hydroxylation is 1. The van der Waals surface area contributed by atoms with Gasteiger partial charge in [-0.05, 0) is 49.3 Å². The van der Waals surface area contributed by atoms with Gasteiger partial charge in [0.25, 0.3) is 5.91 Å². The van der Waals surface area contributed by atoms with Crippen LogP contribution in [0.3, 0.4) is 0 Å². The number of hydrogen-bond acceptors (Lipinski definition) is 2. The fourth-order valence-corrected chi connectivity index (χ4v) is 3.93. The molecule has 0 spiro atoms. The Labute approximate surface area is 153 Å². The van der Waals surface area contributed by atoms with Crippen molar-refractivity contribution >= 4 is 5.91 Å². The van der Waals surface area contributed by atoms with Crippen LogP contribution >= 0.6 is 0 Å². The minimum Gasteiger partial charge on any atom is -0.349 e. The molecule has 0 aliphatic heterocycles. The molecule has 4 rings (SSSR count). The Bertz CT molecular complexity index is 859. The molecule has 5 heteroatoms. The van der Waals surface area contributed by atoms with E-state index in [9.17, 15) is 4.79 Å². The largest absolute Gasteiger partial charge is 0.349 e. The molecule has 1 amide bonds. The average Bonchev–Trinajstić information content (AvgIpc) is 3.32. The van der Waals surface area contributed by atoms with Crippen LogP contribution in [0.4, 0.5) is 0 Å². The third kappa shape index (κ3) is 3.29. The Kier molecular flexibility index (Phi) is 4.61. The first-order valence-electron chi connectivity index (χ1n) is 9.23. The second-order valence-electron chi connectivity index (χ2n) is 7.03. The van der Waals surface area contributed by atoms with Gasteiger partial charge in [0.1, 0.15) is 11.4 Å². The number of carbonyl (C=O) groups is 1. The monoisotopic (exact) mass is 348 g/mol. The molecule has 5 nitrogen and oxygen atoms in total. The second-order valence-corrected chi connectivity index (χ2v) is 7.03. The highest BCUT2D eigenvalue weighted by Crippen LogP contribution is 2.32. The van der Waals surface area contributed by atoms with Gasteiger partial charge in [-0.2, -0.15) is 5.10 Å². The summed E-state index contributed by atoms with van der Waals surface area (Å²) in [5.74, 6) is 1.37. The summed E-state index contributed by atoms with van der Waals surface area (Å²) in [4.78, 5) is 12.8. The lowest BCUT2D eigenvalue weighted by atomic mass is 9.82. The molecule has 26 heavy (non-hydrogen) atoms. The molecule has 1 aromatic carbocycles. The summed E-state index contributed by atoms with van der Waals surface area (Å²) in [7, 11) is 1.86. The Morgan fingerprint density at radius 2 is 1.73 bits per heavy atom. The number of hydrogen-bond donors (Lipinski definition) is 1. The summed E-state index contributed by atoms with van der Waals surface area (Å²) < 4.78 is 3.66. The van der Waals surface area contributed by atoms with Crippen molar-refractivity contribution in [1.29, 1.82) is 0 Å². The number of nitrogens with one attached hydrogen (secondary N) is 1. The van der Waals surface area contributed by atoms with Crippen molar-refractivity contribution in [3.05, 3.63) is 72.2 Å². The van der Waals surface area contributed by atoms with Crippen LogP contribution in [0.25, 0.3) is 5.82 Å². The van der Waals surface area contributed by atoms with Crippen LogP contribution in [-0.2, 0) is 7.05 Å². The first-order chi connectivity index (χ1) is 12.7. The fourth-order valence-electron chi connectivity index (χ4n) is 3.93. The smallest absolute Gasteiger partial charge is 0.256 e. The molecular formula is C21H24N4O. The Morgan fingerprint density at radius 1 is 1.04 bits per heavy atom. The van der Waals surface area contributed by atoms with E-state index in [1.165, 1.54) is 5.56 Å². The van der Waals surface area contributed by atoms with Gasteiger partial charge in [-0.15, -0.1) is 0 Å². The van der Waals surface area contributed by atoms with E-state index in [1.807, 2.05) is 36.1 Å². The highest BCUT2D eigenvalue weighted by atomic mass is 16.1. The zero-order valence-electron chi connectivity index (χ0n) is 15.0.